The monoisotopic (exact) mass is 247 g/mol. The minimum Gasteiger partial charge on any atom is -0.316 e. The van der Waals surface area contributed by atoms with Gasteiger partial charge in [0.2, 0.25) is 0 Å². The maximum Gasteiger partial charge on any atom is 0.0401 e. The van der Waals surface area contributed by atoms with Crippen molar-refractivity contribution in [1.29, 1.82) is 0 Å². The Bertz CT molecular complexity index is 361. The van der Waals surface area contributed by atoms with Crippen molar-refractivity contribution in [3.63, 3.8) is 0 Å². The van der Waals surface area contributed by atoms with E-state index >= 15 is 0 Å². The Labute approximate surface area is 111 Å². The summed E-state index contributed by atoms with van der Waals surface area (Å²) >= 11 is 0. The predicted octanol–water partition coefficient (Wildman–Crippen LogP) is 2.38. The molecule has 1 aromatic heterocycles. The SMILES string of the molecule is CCCNCC1CCN(C)C1c1ccc(C)nc1. The summed E-state index contributed by atoms with van der Waals surface area (Å²) in [6.07, 6.45) is 4.54. The topological polar surface area (TPSA) is 28.2 Å². The van der Waals surface area contributed by atoms with Crippen LogP contribution in [0.2, 0.25) is 0 Å². The Hall–Kier alpha value is -0.930. The molecule has 1 fully saturated rings. The lowest BCUT2D eigenvalue weighted by atomic mass is 9.94. The number of hydrogen-bond acceptors (Lipinski definition) is 3. The van der Waals surface area contributed by atoms with Crippen molar-refractivity contribution in [2.24, 2.45) is 5.92 Å². The van der Waals surface area contributed by atoms with Gasteiger partial charge in [0, 0.05) is 17.9 Å². The second-order valence-electron chi connectivity index (χ2n) is 5.41. The first-order chi connectivity index (χ1) is 8.72. The standard InChI is InChI=1S/C15H25N3/c1-4-8-16-10-14-7-9-18(3)15(14)13-6-5-12(2)17-11-13/h5-6,11,14-16H,4,7-10H2,1-3H3. The molecule has 1 aliphatic rings. The smallest absolute Gasteiger partial charge is 0.0401 e. The number of likely N-dealkylation sites (tertiary alicyclic amines) is 1. The average Bonchev–Trinajstić information content (AvgIpc) is 2.72. The molecule has 0 aromatic carbocycles. The van der Waals surface area contributed by atoms with Crippen molar-refractivity contribution in [2.75, 3.05) is 26.7 Å². The van der Waals surface area contributed by atoms with E-state index in [9.17, 15) is 0 Å². The van der Waals surface area contributed by atoms with Gasteiger partial charge in [0.05, 0.1) is 0 Å². The van der Waals surface area contributed by atoms with Crippen LogP contribution in [0.5, 0.6) is 0 Å². The lowest BCUT2D eigenvalue weighted by Crippen LogP contribution is -2.29. The van der Waals surface area contributed by atoms with Crippen LogP contribution in [0.15, 0.2) is 18.3 Å². The molecule has 0 bridgehead atoms. The first kappa shape index (κ1) is 13.5. The summed E-state index contributed by atoms with van der Waals surface area (Å²) in [6, 6.07) is 4.89. The molecule has 0 radical (unpaired) electrons. The minimum atomic E-state index is 0.530. The first-order valence-electron chi connectivity index (χ1n) is 7.06. The van der Waals surface area contributed by atoms with Gasteiger partial charge in [-0.2, -0.15) is 0 Å². The number of nitrogens with zero attached hydrogens (tertiary/aromatic N) is 2. The third kappa shape index (κ3) is 3.09. The highest BCUT2D eigenvalue weighted by molar-refractivity contribution is 5.19. The van der Waals surface area contributed by atoms with Crippen LogP contribution in [0.1, 0.15) is 37.1 Å². The third-order valence-corrected chi connectivity index (χ3v) is 3.88. The number of aryl methyl sites for hydroxylation is 1. The Morgan fingerprint density at radius 3 is 2.94 bits per heavy atom. The largest absolute Gasteiger partial charge is 0.316 e. The van der Waals surface area contributed by atoms with Gasteiger partial charge >= 0.3 is 0 Å². The fourth-order valence-corrected chi connectivity index (χ4v) is 2.89. The quantitative estimate of drug-likeness (QED) is 0.810. The molecule has 0 amide bonds. The molecule has 1 aromatic rings. The Morgan fingerprint density at radius 2 is 2.28 bits per heavy atom. The molecule has 18 heavy (non-hydrogen) atoms. The highest BCUT2D eigenvalue weighted by atomic mass is 15.2. The van der Waals surface area contributed by atoms with Crippen molar-refractivity contribution in [3.05, 3.63) is 29.6 Å². The van der Waals surface area contributed by atoms with E-state index < -0.39 is 0 Å². The molecule has 100 valence electrons. The average molecular weight is 247 g/mol. The van der Waals surface area contributed by atoms with Crippen LogP contribution < -0.4 is 5.32 Å². The normalized spacial score (nSPS) is 24.6. The summed E-state index contributed by atoms with van der Waals surface area (Å²) in [5, 5.41) is 3.56. The Morgan fingerprint density at radius 1 is 1.44 bits per heavy atom. The van der Waals surface area contributed by atoms with Crippen LogP contribution >= 0.6 is 0 Å². The van der Waals surface area contributed by atoms with E-state index in [0.29, 0.717) is 12.0 Å². The zero-order chi connectivity index (χ0) is 13.0. The molecule has 1 aliphatic heterocycles. The molecular formula is C15H25N3. The summed E-state index contributed by atoms with van der Waals surface area (Å²) in [5.74, 6) is 0.714. The summed E-state index contributed by atoms with van der Waals surface area (Å²) in [7, 11) is 2.23. The van der Waals surface area contributed by atoms with Gasteiger partial charge in [0.15, 0.2) is 0 Å². The van der Waals surface area contributed by atoms with Crippen LogP contribution in [0.4, 0.5) is 0 Å². The van der Waals surface area contributed by atoms with Gasteiger partial charge in [-0.15, -0.1) is 0 Å². The molecular weight excluding hydrogens is 222 g/mol. The van der Waals surface area contributed by atoms with Crippen molar-refractivity contribution in [2.45, 2.75) is 32.7 Å². The van der Waals surface area contributed by atoms with Crippen molar-refractivity contribution in [3.8, 4) is 0 Å². The summed E-state index contributed by atoms with van der Waals surface area (Å²) in [5.41, 5.74) is 2.46. The lowest BCUT2D eigenvalue weighted by Gasteiger charge is -2.25. The van der Waals surface area contributed by atoms with Gasteiger partial charge in [0.1, 0.15) is 0 Å². The Balaban J connectivity index is 2.04. The number of rotatable bonds is 5. The number of aromatic nitrogens is 1. The van der Waals surface area contributed by atoms with Gasteiger partial charge in [0.25, 0.3) is 0 Å². The van der Waals surface area contributed by atoms with Crippen LogP contribution in [0.25, 0.3) is 0 Å². The Kier molecular flexibility index (Phi) is 4.72. The van der Waals surface area contributed by atoms with Crippen LogP contribution in [0, 0.1) is 12.8 Å². The van der Waals surface area contributed by atoms with Gasteiger partial charge < -0.3 is 5.32 Å². The van der Waals surface area contributed by atoms with Gasteiger partial charge in [-0.3, -0.25) is 9.88 Å². The van der Waals surface area contributed by atoms with Crippen molar-refractivity contribution >= 4 is 0 Å². The molecule has 0 spiro atoms. The van der Waals surface area contributed by atoms with E-state index in [0.717, 1.165) is 18.8 Å². The molecule has 2 atom stereocenters. The van der Waals surface area contributed by atoms with Crippen LogP contribution in [0.3, 0.4) is 0 Å². The highest BCUT2D eigenvalue weighted by Gasteiger charge is 2.32. The summed E-state index contributed by atoms with van der Waals surface area (Å²) in [4.78, 5) is 6.90. The van der Waals surface area contributed by atoms with E-state index in [1.807, 2.05) is 6.92 Å². The molecule has 1 saturated heterocycles. The fraction of sp³-hybridized carbons (Fsp3) is 0.667. The second-order valence-corrected chi connectivity index (χ2v) is 5.41. The molecule has 0 saturated carbocycles. The molecule has 3 nitrogen and oxygen atoms in total. The second kappa shape index (κ2) is 6.30. The van der Waals surface area contributed by atoms with E-state index in [1.54, 1.807) is 0 Å². The summed E-state index contributed by atoms with van der Waals surface area (Å²) in [6.45, 7) is 7.70. The van der Waals surface area contributed by atoms with E-state index in [1.165, 1.54) is 24.9 Å². The molecule has 0 aliphatic carbocycles. The van der Waals surface area contributed by atoms with Crippen molar-refractivity contribution in [1.82, 2.24) is 15.2 Å². The fourth-order valence-electron chi connectivity index (χ4n) is 2.89. The minimum absolute atomic E-state index is 0.530. The molecule has 1 N–H and O–H groups in total. The number of nitrogens with one attached hydrogen (secondary N) is 1. The van der Waals surface area contributed by atoms with Crippen LogP contribution in [-0.4, -0.2) is 36.6 Å². The summed E-state index contributed by atoms with van der Waals surface area (Å²) < 4.78 is 0. The van der Waals surface area contributed by atoms with Gasteiger partial charge in [-0.1, -0.05) is 13.0 Å². The number of pyridine rings is 1. The number of hydrogen-bond donors (Lipinski definition) is 1. The first-order valence-corrected chi connectivity index (χ1v) is 7.06. The maximum atomic E-state index is 4.44. The lowest BCUT2D eigenvalue weighted by molar-refractivity contribution is 0.271. The van der Waals surface area contributed by atoms with E-state index in [-0.39, 0.29) is 0 Å². The molecule has 2 rings (SSSR count). The zero-order valence-electron chi connectivity index (χ0n) is 11.8. The van der Waals surface area contributed by atoms with Gasteiger partial charge in [-0.05, 0) is 64.0 Å². The molecule has 2 unspecified atom stereocenters. The third-order valence-electron chi connectivity index (χ3n) is 3.88. The van der Waals surface area contributed by atoms with Crippen LogP contribution in [-0.2, 0) is 0 Å². The molecule has 3 heteroatoms. The van der Waals surface area contributed by atoms with Gasteiger partial charge in [-0.25, -0.2) is 0 Å². The van der Waals surface area contributed by atoms with E-state index in [2.05, 4.69) is 47.5 Å². The zero-order valence-corrected chi connectivity index (χ0v) is 11.8. The van der Waals surface area contributed by atoms with E-state index in [4.69, 9.17) is 0 Å². The highest BCUT2D eigenvalue weighted by Crippen LogP contribution is 2.35. The molecule has 2 heterocycles. The predicted molar refractivity (Wildman–Crippen MR) is 75.6 cm³/mol. The maximum absolute atomic E-state index is 4.44. The van der Waals surface area contributed by atoms with Crippen molar-refractivity contribution < 1.29 is 0 Å².